The number of benzene rings is 1. The van der Waals surface area contributed by atoms with E-state index in [1.54, 1.807) is 18.2 Å². The number of phenols is 1. The molecule has 0 aromatic heterocycles. The lowest BCUT2D eigenvalue weighted by atomic mass is 10.1. The van der Waals surface area contributed by atoms with Gasteiger partial charge in [0.15, 0.2) is 11.5 Å². The van der Waals surface area contributed by atoms with Crippen LogP contribution in [0.25, 0.3) is 6.08 Å². The summed E-state index contributed by atoms with van der Waals surface area (Å²) in [5.74, 6) is 1.39. The molecule has 0 fully saturated rings. The van der Waals surface area contributed by atoms with Gasteiger partial charge in [0.25, 0.3) is 0 Å². The zero-order valence-corrected chi connectivity index (χ0v) is 7.56. The lowest BCUT2D eigenvalue weighted by Crippen LogP contribution is -1.94. The van der Waals surface area contributed by atoms with E-state index in [9.17, 15) is 5.11 Å². The van der Waals surface area contributed by atoms with E-state index in [1.165, 1.54) is 6.07 Å². The van der Waals surface area contributed by atoms with Crippen LogP contribution >= 0.6 is 0 Å². The Labute approximate surface area is 81.6 Å². The van der Waals surface area contributed by atoms with E-state index in [1.807, 2.05) is 0 Å². The molecule has 0 saturated heterocycles. The number of rotatable bonds is 2. The zero-order valence-electron chi connectivity index (χ0n) is 7.56. The number of hydrogen-bond acceptors (Lipinski definition) is 4. The minimum absolute atomic E-state index is 0.158. The van der Waals surface area contributed by atoms with Crippen molar-refractivity contribution < 1.29 is 14.6 Å². The van der Waals surface area contributed by atoms with E-state index >= 15 is 0 Å². The molecule has 1 aromatic carbocycles. The predicted octanol–water partition coefficient (Wildman–Crippen LogP) is 1.09. The minimum Gasteiger partial charge on any atom is -0.508 e. The van der Waals surface area contributed by atoms with Gasteiger partial charge in [-0.3, -0.25) is 0 Å². The second-order valence-corrected chi connectivity index (χ2v) is 2.91. The van der Waals surface area contributed by atoms with Gasteiger partial charge in [-0.1, -0.05) is 12.2 Å². The van der Waals surface area contributed by atoms with E-state index in [0.717, 1.165) is 5.56 Å². The maximum absolute atomic E-state index is 9.38. The second kappa shape index (κ2) is 3.59. The SMILES string of the molecule is NC/C=C/c1cc(O)cc2c1OCO2. The Morgan fingerprint density at radius 1 is 1.43 bits per heavy atom. The van der Waals surface area contributed by atoms with E-state index in [0.29, 0.717) is 18.0 Å². The van der Waals surface area contributed by atoms with E-state index in [2.05, 4.69) is 0 Å². The van der Waals surface area contributed by atoms with E-state index < -0.39 is 0 Å². The molecule has 0 amide bonds. The summed E-state index contributed by atoms with van der Waals surface area (Å²) in [6, 6.07) is 3.14. The van der Waals surface area contributed by atoms with Crippen molar-refractivity contribution in [3.8, 4) is 17.2 Å². The first-order valence-corrected chi connectivity index (χ1v) is 4.30. The van der Waals surface area contributed by atoms with Crippen molar-refractivity contribution in [3.63, 3.8) is 0 Å². The summed E-state index contributed by atoms with van der Waals surface area (Å²) in [6.07, 6.45) is 3.59. The van der Waals surface area contributed by atoms with Crippen LogP contribution in [0.5, 0.6) is 17.2 Å². The largest absolute Gasteiger partial charge is 0.508 e. The van der Waals surface area contributed by atoms with Crippen molar-refractivity contribution in [2.24, 2.45) is 5.73 Å². The highest BCUT2D eigenvalue weighted by molar-refractivity contribution is 5.65. The van der Waals surface area contributed by atoms with Gasteiger partial charge in [-0.2, -0.15) is 0 Å². The van der Waals surface area contributed by atoms with Gasteiger partial charge < -0.3 is 20.3 Å². The molecule has 0 unspecified atom stereocenters. The fraction of sp³-hybridized carbons (Fsp3) is 0.200. The van der Waals surface area contributed by atoms with Gasteiger partial charge in [-0.15, -0.1) is 0 Å². The molecule has 74 valence electrons. The molecule has 2 rings (SSSR count). The molecule has 0 spiro atoms. The van der Waals surface area contributed by atoms with Gasteiger partial charge in [0.2, 0.25) is 6.79 Å². The molecule has 0 atom stereocenters. The minimum atomic E-state index is 0.158. The Morgan fingerprint density at radius 3 is 3.07 bits per heavy atom. The molecule has 14 heavy (non-hydrogen) atoms. The van der Waals surface area contributed by atoms with Gasteiger partial charge >= 0.3 is 0 Å². The molecular formula is C10H11NO3. The smallest absolute Gasteiger partial charge is 0.231 e. The van der Waals surface area contributed by atoms with Gasteiger partial charge in [0.05, 0.1) is 0 Å². The Bertz CT molecular complexity index is 374. The average Bonchev–Trinajstić information content (AvgIpc) is 2.61. The number of phenolic OH excluding ortho intramolecular Hbond substituents is 1. The highest BCUT2D eigenvalue weighted by atomic mass is 16.7. The topological polar surface area (TPSA) is 64.7 Å². The van der Waals surface area contributed by atoms with Crippen LogP contribution in [0.1, 0.15) is 5.56 Å². The molecule has 4 nitrogen and oxygen atoms in total. The summed E-state index contributed by atoms with van der Waals surface area (Å²) < 4.78 is 10.4. The maximum atomic E-state index is 9.38. The third kappa shape index (κ3) is 1.52. The highest BCUT2D eigenvalue weighted by Crippen LogP contribution is 2.39. The van der Waals surface area contributed by atoms with Crippen molar-refractivity contribution in [1.82, 2.24) is 0 Å². The number of nitrogens with two attached hydrogens (primary N) is 1. The van der Waals surface area contributed by atoms with Crippen LogP contribution in [0.4, 0.5) is 0 Å². The zero-order chi connectivity index (χ0) is 9.97. The summed E-state index contributed by atoms with van der Waals surface area (Å²) in [4.78, 5) is 0. The predicted molar refractivity (Wildman–Crippen MR) is 52.3 cm³/mol. The first-order valence-electron chi connectivity index (χ1n) is 4.30. The number of fused-ring (bicyclic) bond motifs is 1. The van der Waals surface area contributed by atoms with Crippen molar-refractivity contribution in [2.45, 2.75) is 0 Å². The first-order chi connectivity index (χ1) is 6.81. The van der Waals surface area contributed by atoms with Crippen LogP contribution in [-0.2, 0) is 0 Å². The maximum Gasteiger partial charge on any atom is 0.231 e. The Balaban J connectivity index is 2.43. The lowest BCUT2D eigenvalue weighted by molar-refractivity contribution is 0.173. The van der Waals surface area contributed by atoms with Gasteiger partial charge in [-0.05, 0) is 6.07 Å². The fourth-order valence-corrected chi connectivity index (χ4v) is 1.34. The van der Waals surface area contributed by atoms with Crippen LogP contribution in [0.2, 0.25) is 0 Å². The van der Waals surface area contributed by atoms with Gasteiger partial charge in [-0.25, -0.2) is 0 Å². The first kappa shape index (κ1) is 8.90. The van der Waals surface area contributed by atoms with Crippen molar-refractivity contribution >= 4 is 6.08 Å². The van der Waals surface area contributed by atoms with Crippen LogP contribution in [0.15, 0.2) is 18.2 Å². The fourth-order valence-electron chi connectivity index (χ4n) is 1.34. The molecule has 4 heteroatoms. The van der Waals surface area contributed by atoms with Crippen LogP contribution in [0.3, 0.4) is 0 Å². The third-order valence-corrected chi connectivity index (χ3v) is 1.92. The standard InChI is InChI=1S/C10H11NO3/c11-3-1-2-7-4-8(12)5-9-10(7)14-6-13-9/h1-2,4-5,12H,3,6,11H2/b2-1+. The van der Waals surface area contributed by atoms with Crippen molar-refractivity contribution in [2.75, 3.05) is 13.3 Å². The Kier molecular flexibility index (Phi) is 2.28. The molecule has 0 saturated carbocycles. The summed E-state index contributed by atoms with van der Waals surface area (Å²) in [7, 11) is 0. The Morgan fingerprint density at radius 2 is 2.29 bits per heavy atom. The quantitative estimate of drug-likeness (QED) is 0.738. The lowest BCUT2D eigenvalue weighted by Gasteiger charge is -2.01. The molecule has 1 aromatic rings. The number of aromatic hydroxyl groups is 1. The Hall–Kier alpha value is -1.68. The van der Waals surface area contributed by atoms with Gasteiger partial charge in [0, 0.05) is 18.2 Å². The number of hydrogen-bond donors (Lipinski definition) is 2. The summed E-state index contributed by atoms with van der Waals surface area (Å²) >= 11 is 0. The molecular weight excluding hydrogens is 182 g/mol. The molecule has 1 aliphatic heterocycles. The van der Waals surface area contributed by atoms with Crippen LogP contribution in [-0.4, -0.2) is 18.4 Å². The molecule has 3 N–H and O–H groups in total. The summed E-state index contributed by atoms with van der Waals surface area (Å²) in [5.41, 5.74) is 6.12. The molecule has 0 aliphatic carbocycles. The molecule has 1 heterocycles. The van der Waals surface area contributed by atoms with E-state index in [-0.39, 0.29) is 12.5 Å². The van der Waals surface area contributed by atoms with Gasteiger partial charge in [0.1, 0.15) is 5.75 Å². The van der Waals surface area contributed by atoms with Crippen LogP contribution in [0, 0.1) is 0 Å². The normalized spacial score (nSPS) is 13.8. The molecule has 0 radical (unpaired) electrons. The monoisotopic (exact) mass is 193 g/mol. The third-order valence-electron chi connectivity index (χ3n) is 1.92. The highest BCUT2D eigenvalue weighted by Gasteiger charge is 2.17. The molecule has 1 aliphatic rings. The summed E-state index contributed by atoms with van der Waals surface area (Å²) in [5, 5.41) is 9.38. The second-order valence-electron chi connectivity index (χ2n) is 2.91. The van der Waals surface area contributed by atoms with Crippen LogP contribution < -0.4 is 15.2 Å². The average molecular weight is 193 g/mol. The summed E-state index contributed by atoms with van der Waals surface area (Å²) in [6.45, 7) is 0.646. The van der Waals surface area contributed by atoms with E-state index in [4.69, 9.17) is 15.2 Å². The molecule has 0 bridgehead atoms. The van der Waals surface area contributed by atoms with Crippen molar-refractivity contribution in [3.05, 3.63) is 23.8 Å². The van der Waals surface area contributed by atoms with Crippen molar-refractivity contribution in [1.29, 1.82) is 0 Å². The number of ether oxygens (including phenoxy) is 2.